The van der Waals surface area contributed by atoms with Crippen LogP contribution in [-0.4, -0.2) is 28.2 Å². The van der Waals surface area contributed by atoms with Gasteiger partial charge >= 0.3 is 5.97 Å². The van der Waals surface area contributed by atoms with Gasteiger partial charge in [0.15, 0.2) is 5.82 Å². The number of nitrogens with zero attached hydrogens (tertiary/aromatic N) is 3. The number of carbonyl (C=O) groups excluding carboxylic acids is 2. The molecule has 0 aliphatic heterocycles. The molecule has 8 nitrogen and oxygen atoms in total. The first-order valence-electron chi connectivity index (χ1n) is 9.67. The van der Waals surface area contributed by atoms with Gasteiger partial charge in [-0.3, -0.25) is 9.36 Å². The number of benzene rings is 1. The molecule has 0 aliphatic rings. The Morgan fingerprint density at radius 2 is 1.94 bits per heavy atom. The van der Waals surface area contributed by atoms with Crippen LogP contribution in [-0.2, 0) is 9.53 Å². The molecule has 3 aromatic rings. The Morgan fingerprint density at radius 1 is 1.23 bits per heavy atom. The first-order valence-corrected chi connectivity index (χ1v) is 9.67. The van der Waals surface area contributed by atoms with E-state index in [1.807, 2.05) is 43.5 Å². The topological polar surface area (TPSA) is 110 Å². The molecule has 0 saturated heterocycles. The van der Waals surface area contributed by atoms with Crippen molar-refractivity contribution in [3.8, 4) is 11.9 Å². The number of rotatable bonds is 6. The van der Waals surface area contributed by atoms with E-state index in [-0.39, 0.29) is 12.2 Å². The summed E-state index contributed by atoms with van der Waals surface area (Å²) in [4.78, 5) is 24.3. The van der Waals surface area contributed by atoms with E-state index in [1.54, 1.807) is 31.2 Å². The van der Waals surface area contributed by atoms with Gasteiger partial charge in [-0.1, -0.05) is 5.16 Å². The summed E-state index contributed by atoms with van der Waals surface area (Å²) in [5.74, 6) is 0.339. The highest BCUT2D eigenvalue weighted by Gasteiger charge is 2.16. The van der Waals surface area contributed by atoms with E-state index in [2.05, 4.69) is 10.5 Å². The van der Waals surface area contributed by atoms with Crippen LogP contribution >= 0.6 is 0 Å². The van der Waals surface area contributed by atoms with Crippen molar-refractivity contribution in [2.45, 2.75) is 27.7 Å². The molecule has 3 rings (SSSR count). The van der Waals surface area contributed by atoms with Crippen molar-refractivity contribution in [1.29, 1.82) is 5.26 Å². The summed E-state index contributed by atoms with van der Waals surface area (Å²) in [6.45, 7) is 7.61. The smallest absolute Gasteiger partial charge is 0.338 e. The third-order valence-electron chi connectivity index (χ3n) is 4.63. The summed E-state index contributed by atoms with van der Waals surface area (Å²) in [6.07, 6.45) is 1.54. The fourth-order valence-corrected chi connectivity index (χ4v) is 3.15. The molecule has 0 radical (unpaired) electrons. The van der Waals surface area contributed by atoms with Crippen molar-refractivity contribution in [3.63, 3.8) is 0 Å². The third kappa shape index (κ3) is 4.73. The van der Waals surface area contributed by atoms with Crippen molar-refractivity contribution in [1.82, 2.24) is 9.72 Å². The third-order valence-corrected chi connectivity index (χ3v) is 4.63. The number of nitriles is 1. The zero-order valence-electron chi connectivity index (χ0n) is 17.7. The number of nitrogens with one attached hydrogen (secondary N) is 1. The second-order valence-corrected chi connectivity index (χ2v) is 6.88. The van der Waals surface area contributed by atoms with E-state index in [0.29, 0.717) is 22.8 Å². The fraction of sp³-hybridized carbons (Fsp3) is 0.217. The molecule has 158 valence electrons. The van der Waals surface area contributed by atoms with Crippen LogP contribution in [0.3, 0.4) is 0 Å². The zero-order chi connectivity index (χ0) is 22.5. The summed E-state index contributed by atoms with van der Waals surface area (Å²) in [5, 5.41) is 16.2. The summed E-state index contributed by atoms with van der Waals surface area (Å²) >= 11 is 0. The lowest BCUT2D eigenvalue weighted by atomic mass is 10.1. The van der Waals surface area contributed by atoms with Crippen molar-refractivity contribution in [3.05, 3.63) is 70.2 Å². The zero-order valence-corrected chi connectivity index (χ0v) is 17.7. The summed E-state index contributed by atoms with van der Waals surface area (Å²) in [7, 11) is 0. The predicted octanol–water partition coefficient (Wildman–Crippen LogP) is 4.11. The largest absolute Gasteiger partial charge is 0.462 e. The second kappa shape index (κ2) is 9.13. The van der Waals surface area contributed by atoms with Crippen LogP contribution in [0.5, 0.6) is 0 Å². The summed E-state index contributed by atoms with van der Waals surface area (Å²) in [6, 6.07) is 11.9. The van der Waals surface area contributed by atoms with E-state index in [1.165, 1.54) is 6.08 Å². The van der Waals surface area contributed by atoms with Gasteiger partial charge in [0.05, 0.1) is 12.2 Å². The van der Waals surface area contributed by atoms with Gasteiger partial charge < -0.3 is 14.6 Å². The number of aromatic nitrogens is 2. The molecule has 1 N–H and O–H groups in total. The Balaban J connectivity index is 1.81. The summed E-state index contributed by atoms with van der Waals surface area (Å²) < 4.78 is 12.0. The number of carbonyl (C=O) groups is 2. The Kier molecular flexibility index (Phi) is 6.36. The average Bonchev–Trinajstić information content (AvgIpc) is 3.28. The van der Waals surface area contributed by atoms with Crippen LogP contribution in [0.4, 0.5) is 5.69 Å². The van der Waals surface area contributed by atoms with Crippen LogP contribution in [0.2, 0.25) is 0 Å². The maximum Gasteiger partial charge on any atom is 0.338 e. The van der Waals surface area contributed by atoms with Gasteiger partial charge in [0.25, 0.3) is 5.91 Å². The molecule has 0 bridgehead atoms. The number of hydrogen-bond donors (Lipinski definition) is 1. The maximum atomic E-state index is 12.6. The highest BCUT2D eigenvalue weighted by atomic mass is 16.5. The molecule has 0 fully saturated rings. The Hall–Kier alpha value is -4.12. The van der Waals surface area contributed by atoms with Gasteiger partial charge in [-0.15, -0.1) is 0 Å². The Labute approximate surface area is 179 Å². The van der Waals surface area contributed by atoms with Crippen molar-refractivity contribution >= 4 is 23.6 Å². The van der Waals surface area contributed by atoms with Gasteiger partial charge in [-0.25, -0.2) is 4.79 Å². The molecule has 1 aromatic carbocycles. The van der Waals surface area contributed by atoms with Gasteiger partial charge in [0.2, 0.25) is 0 Å². The maximum absolute atomic E-state index is 12.6. The fourth-order valence-electron chi connectivity index (χ4n) is 3.15. The molecule has 0 aliphatic carbocycles. The lowest BCUT2D eigenvalue weighted by molar-refractivity contribution is -0.112. The lowest BCUT2D eigenvalue weighted by Crippen LogP contribution is -2.13. The van der Waals surface area contributed by atoms with Crippen molar-refractivity contribution in [2.75, 3.05) is 11.9 Å². The molecule has 2 heterocycles. The number of aryl methyl sites for hydroxylation is 2. The average molecular weight is 418 g/mol. The van der Waals surface area contributed by atoms with Crippen molar-refractivity contribution in [2.24, 2.45) is 0 Å². The molecule has 0 saturated carbocycles. The van der Waals surface area contributed by atoms with Crippen LogP contribution in [0.15, 0.2) is 46.5 Å². The molecule has 0 atom stereocenters. The first kappa shape index (κ1) is 21.6. The highest BCUT2D eigenvalue weighted by Crippen LogP contribution is 2.23. The highest BCUT2D eigenvalue weighted by molar-refractivity contribution is 6.09. The normalized spacial score (nSPS) is 11.1. The predicted molar refractivity (Wildman–Crippen MR) is 115 cm³/mol. The molecule has 8 heteroatoms. The first-order chi connectivity index (χ1) is 14.8. The van der Waals surface area contributed by atoms with Gasteiger partial charge in [-0.2, -0.15) is 5.26 Å². The molecule has 2 aromatic heterocycles. The van der Waals surface area contributed by atoms with Crippen LogP contribution < -0.4 is 5.32 Å². The monoisotopic (exact) mass is 418 g/mol. The van der Waals surface area contributed by atoms with Crippen LogP contribution in [0, 0.1) is 32.1 Å². The molecule has 0 spiro atoms. The number of anilines is 1. The van der Waals surface area contributed by atoms with E-state index in [0.717, 1.165) is 17.0 Å². The summed E-state index contributed by atoms with van der Waals surface area (Å²) in [5.41, 5.74) is 3.23. The van der Waals surface area contributed by atoms with E-state index < -0.39 is 11.9 Å². The minimum absolute atomic E-state index is 0.0500. The Morgan fingerprint density at radius 3 is 2.52 bits per heavy atom. The SMILES string of the molecule is CCOC(=O)c1ccc(NC(=O)/C(C#N)=C/c2cc(C)n(-c3cc(C)on3)c2C)cc1. The van der Waals surface area contributed by atoms with Crippen LogP contribution in [0.1, 0.15) is 40.0 Å². The quantitative estimate of drug-likeness (QED) is 0.366. The van der Waals surface area contributed by atoms with Gasteiger partial charge in [0.1, 0.15) is 17.4 Å². The molecule has 31 heavy (non-hydrogen) atoms. The number of esters is 1. The number of ether oxygens (including phenoxy) is 1. The molecular weight excluding hydrogens is 396 g/mol. The van der Waals surface area contributed by atoms with Crippen LogP contribution in [0.25, 0.3) is 11.9 Å². The van der Waals surface area contributed by atoms with E-state index in [9.17, 15) is 14.9 Å². The molecular formula is C23H22N4O4. The van der Waals surface area contributed by atoms with Gasteiger partial charge in [0, 0.05) is 23.1 Å². The van der Waals surface area contributed by atoms with Crippen molar-refractivity contribution < 1.29 is 18.8 Å². The minimum Gasteiger partial charge on any atom is -0.462 e. The Bertz CT molecular complexity index is 1190. The molecule has 0 unspecified atom stereocenters. The number of hydrogen-bond acceptors (Lipinski definition) is 6. The number of amides is 1. The lowest BCUT2D eigenvalue weighted by Gasteiger charge is -2.06. The van der Waals surface area contributed by atoms with E-state index >= 15 is 0 Å². The minimum atomic E-state index is -0.548. The standard InChI is InChI=1S/C23H22N4O4/c1-5-30-23(29)17-6-8-20(9-7-17)25-22(28)19(13-24)12-18-10-14(2)27(16(18)4)21-11-15(3)31-26-21/h6-12H,5H2,1-4H3,(H,25,28)/b19-12+. The van der Waals surface area contributed by atoms with Gasteiger partial charge in [-0.05, 0) is 69.7 Å². The van der Waals surface area contributed by atoms with E-state index in [4.69, 9.17) is 9.26 Å². The second-order valence-electron chi connectivity index (χ2n) is 6.88. The molecule has 1 amide bonds.